The molecule has 0 aliphatic carbocycles. The van der Waals surface area contributed by atoms with Crippen LogP contribution in [0.15, 0.2) is 0 Å². The van der Waals surface area contributed by atoms with Crippen LogP contribution in [0.1, 0.15) is 53.9 Å². The highest BCUT2D eigenvalue weighted by Crippen LogP contribution is 2.10. The standard InChI is InChI=1S/C12H27NOS/c1-6-8-11(7-2)13-9-10-15(14)12(3,4)5/h11,13H,6-10H2,1-5H3. The normalized spacial score (nSPS) is 16.3. The number of hydrogen-bond donors (Lipinski definition) is 1. The molecule has 0 rings (SSSR count). The SMILES string of the molecule is CCCC(CC)NCCS(=O)C(C)(C)C. The van der Waals surface area contributed by atoms with Gasteiger partial charge in [-0.2, -0.15) is 0 Å². The Kier molecular flexibility index (Phi) is 7.45. The Morgan fingerprint density at radius 3 is 2.27 bits per heavy atom. The van der Waals surface area contributed by atoms with Crippen molar-refractivity contribution in [1.82, 2.24) is 5.32 Å². The molecular weight excluding hydrogens is 206 g/mol. The number of hydrogen-bond acceptors (Lipinski definition) is 2. The van der Waals surface area contributed by atoms with Crippen molar-refractivity contribution in [2.24, 2.45) is 0 Å². The van der Waals surface area contributed by atoms with Crippen molar-refractivity contribution in [2.75, 3.05) is 12.3 Å². The Hall–Kier alpha value is 0.110. The molecule has 15 heavy (non-hydrogen) atoms. The molecule has 0 fully saturated rings. The van der Waals surface area contributed by atoms with Crippen molar-refractivity contribution in [2.45, 2.75) is 64.7 Å². The molecule has 0 aromatic heterocycles. The third kappa shape index (κ3) is 7.07. The zero-order valence-corrected chi connectivity index (χ0v) is 11.7. The molecule has 0 heterocycles. The molecule has 2 unspecified atom stereocenters. The van der Waals surface area contributed by atoms with Crippen LogP contribution in [0.5, 0.6) is 0 Å². The second kappa shape index (κ2) is 7.39. The van der Waals surface area contributed by atoms with Crippen LogP contribution in [0, 0.1) is 0 Å². The topological polar surface area (TPSA) is 29.1 Å². The van der Waals surface area contributed by atoms with E-state index in [9.17, 15) is 4.21 Å². The molecule has 0 amide bonds. The minimum absolute atomic E-state index is 0.0753. The van der Waals surface area contributed by atoms with Crippen LogP contribution in [0.2, 0.25) is 0 Å². The van der Waals surface area contributed by atoms with Crippen molar-refractivity contribution in [1.29, 1.82) is 0 Å². The van der Waals surface area contributed by atoms with Crippen LogP contribution in [-0.4, -0.2) is 27.3 Å². The minimum atomic E-state index is -0.722. The number of rotatable bonds is 7. The maximum absolute atomic E-state index is 11.8. The molecule has 0 bridgehead atoms. The molecule has 0 aliphatic rings. The zero-order valence-electron chi connectivity index (χ0n) is 10.9. The molecule has 0 radical (unpaired) electrons. The van der Waals surface area contributed by atoms with Crippen LogP contribution in [-0.2, 0) is 10.8 Å². The second-order valence-electron chi connectivity index (χ2n) is 5.01. The van der Waals surface area contributed by atoms with Crippen molar-refractivity contribution >= 4 is 10.8 Å². The largest absolute Gasteiger partial charge is 0.313 e. The Balaban J connectivity index is 3.73. The quantitative estimate of drug-likeness (QED) is 0.732. The summed E-state index contributed by atoms with van der Waals surface area (Å²) < 4.78 is 11.7. The van der Waals surface area contributed by atoms with Gasteiger partial charge in [0.2, 0.25) is 0 Å². The van der Waals surface area contributed by atoms with Gasteiger partial charge in [0.25, 0.3) is 0 Å². The highest BCUT2D eigenvalue weighted by atomic mass is 32.2. The monoisotopic (exact) mass is 233 g/mol. The molecular formula is C12H27NOS. The average molecular weight is 233 g/mol. The summed E-state index contributed by atoms with van der Waals surface area (Å²) >= 11 is 0. The summed E-state index contributed by atoms with van der Waals surface area (Å²) in [5.74, 6) is 0.768. The molecule has 92 valence electrons. The van der Waals surface area contributed by atoms with Gasteiger partial charge in [-0.05, 0) is 33.6 Å². The highest BCUT2D eigenvalue weighted by Gasteiger charge is 2.18. The third-order valence-corrected chi connectivity index (χ3v) is 4.47. The van der Waals surface area contributed by atoms with E-state index in [-0.39, 0.29) is 4.75 Å². The maximum Gasteiger partial charge on any atom is 0.0375 e. The van der Waals surface area contributed by atoms with Gasteiger partial charge in [-0.1, -0.05) is 20.3 Å². The first-order chi connectivity index (χ1) is 6.91. The van der Waals surface area contributed by atoms with E-state index >= 15 is 0 Å². The van der Waals surface area contributed by atoms with Gasteiger partial charge < -0.3 is 5.32 Å². The lowest BCUT2D eigenvalue weighted by Crippen LogP contribution is -2.34. The van der Waals surface area contributed by atoms with E-state index in [1.54, 1.807) is 0 Å². The van der Waals surface area contributed by atoms with E-state index in [4.69, 9.17) is 0 Å². The smallest absolute Gasteiger partial charge is 0.0375 e. The van der Waals surface area contributed by atoms with Gasteiger partial charge >= 0.3 is 0 Å². The summed E-state index contributed by atoms with van der Waals surface area (Å²) in [6.45, 7) is 11.4. The summed E-state index contributed by atoms with van der Waals surface area (Å²) in [6.07, 6.45) is 3.60. The minimum Gasteiger partial charge on any atom is -0.313 e. The highest BCUT2D eigenvalue weighted by molar-refractivity contribution is 7.86. The third-order valence-electron chi connectivity index (χ3n) is 2.53. The average Bonchev–Trinajstić information content (AvgIpc) is 2.14. The molecule has 3 heteroatoms. The van der Waals surface area contributed by atoms with Gasteiger partial charge in [-0.3, -0.25) is 4.21 Å². The molecule has 2 nitrogen and oxygen atoms in total. The van der Waals surface area contributed by atoms with Crippen molar-refractivity contribution in [3.8, 4) is 0 Å². The van der Waals surface area contributed by atoms with Crippen LogP contribution in [0.25, 0.3) is 0 Å². The van der Waals surface area contributed by atoms with Crippen LogP contribution >= 0.6 is 0 Å². The van der Waals surface area contributed by atoms with E-state index in [1.807, 2.05) is 20.8 Å². The Morgan fingerprint density at radius 2 is 1.87 bits per heavy atom. The van der Waals surface area contributed by atoms with Gasteiger partial charge in [0.05, 0.1) is 0 Å². The molecule has 0 saturated heterocycles. The van der Waals surface area contributed by atoms with Crippen molar-refractivity contribution in [3.05, 3.63) is 0 Å². The first kappa shape index (κ1) is 15.1. The lowest BCUT2D eigenvalue weighted by atomic mass is 10.1. The van der Waals surface area contributed by atoms with Gasteiger partial charge in [0.1, 0.15) is 0 Å². The molecule has 0 aromatic rings. The summed E-state index contributed by atoms with van der Waals surface area (Å²) in [5, 5.41) is 3.48. The Morgan fingerprint density at radius 1 is 1.27 bits per heavy atom. The van der Waals surface area contributed by atoms with Crippen LogP contribution in [0.3, 0.4) is 0 Å². The van der Waals surface area contributed by atoms with Gasteiger partial charge in [0, 0.05) is 33.9 Å². The maximum atomic E-state index is 11.8. The van der Waals surface area contributed by atoms with E-state index < -0.39 is 10.8 Å². The predicted molar refractivity (Wildman–Crippen MR) is 69.8 cm³/mol. The second-order valence-corrected chi connectivity index (χ2v) is 7.33. The van der Waals surface area contributed by atoms with Crippen molar-refractivity contribution in [3.63, 3.8) is 0 Å². The summed E-state index contributed by atoms with van der Waals surface area (Å²) in [7, 11) is -0.722. The van der Waals surface area contributed by atoms with Gasteiger partial charge in [-0.25, -0.2) is 0 Å². The summed E-state index contributed by atoms with van der Waals surface area (Å²) in [4.78, 5) is 0. The zero-order chi connectivity index (χ0) is 11.9. The van der Waals surface area contributed by atoms with E-state index in [0.717, 1.165) is 18.7 Å². The molecule has 0 aliphatic heterocycles. The van der Waals surface area contributed by atoms with E-state index in [1.165, 1.54) is 12.8 Å². The molecule has 0 aromatic carbocycles. The van der Waals surface area contributed by atoms with Crippen LogP contribution in [0.4, 0.5) is 0 Å². The lowest BCUT2D eigenvalue weighted by Gasteiger charge is -2.20. The Labute approximate surface area is 97.7 Å². The Bertz CT molecular complexity index is 187. The molecule has 0 spiro atoms. The van der Waals surface area contributed by atoms with Crippen molar-refractivity contribution < 1.29 is 4.21 Å². The summed E-state index contributed by atoms with van der Waals surface area (Å²) in [5.41, 5.74) is 0. The first-order valence-corrected chi connectivity index (χ1v) is 7.35. The molecule has 1 N–H and O–H groups in total. The van der Waals surface area contributed by atoms with E-state index in [2.05, 4.69) is 19.2 Å². The predicted octanol–water partition coefficient (Wildman–Crippen LogP) is 2.70. The van der Waals surface area contributed by atoms with Crippen LogP contribution < -0.4 is 5.32 Å². The fourth-order valence-corrected chi connectivity index (χ4v) is 2.38. The lowest BCUT2D eigenvalue weighted by molar-refractivity contribution is 0.476. The molecule has 2 atom stereocenters. The molecule has 0 saturated carbocycles. The van der Waals surface area contributed by atoms with E-state index in [0.29, 0.717) is 6.04 Å². The van der Waals surface area contributed by atoms with Gasteiger partial charge in [0.15, 0.2) is 0 Å². The summed E-state index contributed by atoms with van der Waals surface area (Å²) in [6, 6.07) is 0.604. The first-order valence-electron chi connectivity index (χ1n) is 6.03. The fraction of sp³-hybridized carbons (Fsp3) is 1.00. The van der Waals surface area contributed by atoms with Gasteiger partial charge in [-0.15, -0.1) is 0 Å². The number of nitrogens with one attached hydrogen (secondary N) is 1. The fourth-order valence-electron chi connectivity index (χ4n) is 1.46.